The normalized spacial score (nSPS) is 11.2. The number of nitrogens with zero attached hydrogens (tertiary/aromatic N) is 1. The highest BCUT2D eigenvalue weighted by atomic mass is 32.1. The highest BCUT2D eigenvalue weighted by Crippen LogP contribution is 2.09. The summed E-state index contributed by atoms with van der Waals surface area (Å²) in [6, 6.07) is 0. The van der Waals surface area contributed by atoms with Crippen molar-refractivity contribution in [1.82, 2.24) is 4.98 Å². The molecular weight excluding hydrogens is 226 g/mol. The zero-order chi connectivity index (χ0) is 11.8. The summed E-state index contributed by atoms with van der Waals surface area (Å²) in [5.74, 6) is 0. The lowest BCUT2D eigenvalue weighted by Gasteiger charge is -2.16. The smallest absolute Gasteiger partial charge is 0.180 e. The summed E-state index contributed by atoms with van der Waals surface area (Å²) in [6.07, 6.45) is -0.269. The Kier molecular flexibility index (Phi) is 6.56. The molecule has 0 N–H and O–H groups in total. The van der Waals surface area contributed by atoms with E-state index in [0.717, 1.165) is 10.7 Å². The number of rotatable bonds is 8. The van der Waals surface area contributed by atoms with Gasteiger partial charge < -0.3 is 14.2 Å². The van der Waals surface area contributed by atoms with Gasteiger partial charge in [-0.25, -0.2) is 4.98 Å². The highest BCUT2D eigenvalue weighted by molar-refractivity contribution is 7.09. The lowest BCUT2D eigenvalue weighted by atomic mass is 10.5. The van der Waals surface area contributed by atoms with Crippen molar-refractivity contribution < 1.29 is 14.2 Å². The van der Waals surface area contributed by atoms with E-state index in [0.29, 0.717) is 26.4 Å². The van der Waals surface area contributed by atoms with Crippen LogP contribution in [-0.2, 0) is 20.8 Å². The largest absolute Gasteiger partial charge is 0.370 e. The average molecular weight is 245 g/mol. The van der Waals surface area contributed by atoms with Crippen LogP contribution in [-0.4, -0.2) is 31.1 Å². The SMILES string of the molecule is CCOC(COCc1csc(C)n1)OCC. The molecule has 0 aliphatic rings. The number of aromatic nitrogens is 1. The van der Waals surface area contributed by atoms with Gasteiger partial charge in [-0.1, -0.05) is 0 Å². The molecule has 0 amide bonds. The molecule has 0 aromatic carbocycles. The van der Waals surface area contributed by atoms with Crippen LogP contribution in [0.4, 0.5) is 0 Å². The monoisotopic (exact) mass is 245 g/mol. The van der Waals surface area contributed by atoms with Gasteiger partial charge in [0.05, 0.1) is 23.9 Å². The second kappa shape index (κ2) is 7.73. The Morgan fingerprint density at radius 3 is 2.50 bits per heavy atom. The standard InChI is InChI=1S/C11H19NO3S/c1-4-14-11(15-5-2)7-13-6-10-8-16-9(3)12-10/h8,11H,4-7H2,1-3H3. The third kappa shape index (κ3) is 5.03. The number of aryl methyl sites for hydroxylation is 1. The van der Waals surface area contributed by atoms with Crippen LogP contribution in [0.5, 0.6) is 0 Å². The average Bonchev–Trinajstić information content (AvgIpc) is 2.65. The summed E-state index contributed by atoms with van der Waals surface area (Å²) in [4.78, 5) is 4.31. The molecule has 1 rings (SSSR count). The van der Waals surface area contributed by atoms with Crippen LogP contribution in [0.2, 0.25) is 0 Å². The fourth-order valence-corrected chi connectivity index (χ4v) is 1.85. The van der Waals surface area contributed by atoms with Gasteiger partial charge >= 0.3 is 0 Å². The number of hydrogen-bond acceptors (Lipinski definition) is 5. The maximum absolute atomic E-state index is 5.49. The lowest BCUT2D eigenvalue weighted by molar-refractivity contribution is -0.169. The molecule has 0 saturated heterocycles. The Morgan fingerprint density at radius 2 is 2.00 bits per heavy atom. The first-order chi connectivity index (χ1) is 7.76. The molecule has 5 heteroatoms. The molecule has 92 valence electrons. The lowest BCUT2D eigenvalue weighted by Crippen LogP contribution is -2.23. The van der Waals surface area contributed by atoms with Crippen LogP contribution in [0.1, 0.15) is 24.5 Å². The molecule has 0 spiro atoms. The molecule has 0 unspecified atom stereocenters. The van der Waals surface area contributed by atoms with Crippen LogP contribution in [0.3, 0.4) is 0 Å². The second-order valence-electron chi connectivity index (χ2n) is 3.21. The minimum atomic E-state index is -0.269. The number of thiazole rings is 1. The fraction of sp³-hybridized carbons (Fsp3) is 0.727. The summed E-state index contributed by atoms with van der Waals surface area (Å²) >= 11 is 1.63. The number of ether oxygens (including phenoxy) is 3. The van der Waals surface area contributed by atoms with Crippen LogP contribution in [0, 0.1) is 6.92 Å². The van der Waals surface area contributed by atoms with E-state index in [1.807, 2.05) is 26.2 Å². The van der Waals surface area contributed by atoms with Crippen molar-refractivity contribution in [2.45, 2.75) is 33.7 Å². The van der Waals surface area contributed by atoms with Crippen molar-refractivity contribution in [2.75, 3.05) is 19.8 Å². The van der Waals surface area contributed by atoms with E-state index < -0.39 is 0 Å². The summed E-state index contributed by atoms with van der Waals surface area (Å²) in [5, 5.41) is 3.07. The van der Waals surface area contributed by atoms with Gasteiger partial charge in [-0.2, -0.15) is 0 Å². The second-order valence-corrected chi connectivity index (χ2v) is 4.28. The first kappa shape index (κ1) is 13.6. The first-order valence-electron chi connectivity index (χ1n) is 5.48. The molecule has 4 nitrogen and oxygen atoms in total. The maximum Gasteiger partial charge on any atom is 0.180 e. The molecule has 0 aliphatic heterocycles. The van der Waals surface area contributed by atoms with Crippen LogP contribution < -0.4 is 0 Å². The van der Waals surface area contributed by atoms with Crippen molar-refractivity contribution in [3.63, 3.8) is 0 Å². The van der Waals surface area contributed by atoms with Gasteiger partial charge in [-0.05, 0) is 20.8 Å². The Hall–Kier alpha value is -0.490. The molecule has 1 heterocycles. The van der Waals surface area contributed by atoms with Crippen molar-refractivity contribution in [1.29, 1.82) is 0 Å². The molecule has 0 bridgehead atoms. The van der Waals surface area contributed by atoms with E-state index in [4.69, 9.17) is 14.2 Å². The minimum Gasteiger partial charge on any atom is -0.370 e. The van der Waals surface area contributed by atoms with Crippen molar-refractivity contribution >= 4 is 11.3 Å². The molecule has 1 aromatic rings. The fourth-order valence-electron chi connectivity index (χ4n) is 1.25. The zero-order valence-electron chi connectivity index (χ0n) is 10.1. The molecule has 0 radical (unpaired) electrons. The molecule has 0 saturated carbocycles. The van der Waals surface area contributed by atoms with Crippen LogP contribution in [0.15, 0.2) is 5.38 Å². The van der Waals surface area contributed by atoms with E-state index in [2.05, 4.69) is 4.98 Å². The Bertz CT molecular complexity index is 285. The van der Waals surface area contributed by atoms with Gasteiger partial charge in [0.15, 0.2) is 6.29 Å². The quantitative estimate of drug-likeness (QED) is 0.659. The highest BCUT2D eigenvalue weighted by Gasteiger charge is 2.08. The molecule has 0 atom stereocenters. The van der Waals surface area contributed by atoms with Gasteiger partial charge in [0.2, 0.25) is 0 Å². The van der Waals surface area contributed by atoms with E-state index in [-0.39, 0.29) is 6.29 Å². The van der Waals surface area contributed by atoms with Gasteiger partial charge in [-0.15, -0.1) is 11.3 Å². The van der Waals surface area contributed by atoms with Gasteiger partial charge in [0, 0.05) is 18.6 Å². The summed E-state index contributed by atoms with van der Waals surface area (Å²) in [5.41, 5.74) is 0.967. The van der Waals surface area contributed by atoms with Crippen LogP contribution in [0.25, 0.3) is 0 Å². The van der Waals surface area contributed by atoms with Crippen molar-refractivity contribution in [3.8, 4) is 0 Å². The summed E-state index contributed by atoms with van der Waals surface area (Å²) in [7, 11) is 0. The molecule has 0 aliphatic carbocycles. The predicted molar refractivity (Wildman–Crippen MR) is 63.5 cm³/mol. The van der Waals surface area contributed by atoms with Crippen LogP contribution >= 0.6 is 11.3 Å². The number of hydrogen-bond donors (Lipinski definition) is 0. The van der Waals surface area contributed by atoms with E-state index >= 15 is 0 Å². The Labute approximate surface area is 101 Å². The predicted octanol–water partition coefficient (Wildman–Crippen LogP) is 2.37. The third-order valence-electron chi connectivity index (χ3n) is 1.88. The molecular formula is C11H19NO3S. The van der Waals surface area contributed by atoms with Gasteiger partial charge in [0.25, 0.3) is 0 Å². The molecule has 0 fully saturated rings. The van der Waals surface area contributed by atoms with Crippen molar-refractivity contribution in [3.05, 3.63) is 16.1 Å². The van der Waals surface area contributed by atoms with E-state index in [1.165, 1.54) is 0 Å². The zero-order valence-corrected chi connectivity index (χ0v) is 10.9. The minimum absolute atomic E-state index is 0.269. The van der Waals surface area contributed by atoms with E-state index in [1.54, 1.807) is 11.3 Å². The molecule has 16 heavy (non-hydrogen) atoms. The Balaban J connectivity index is 2.21. The molecule has 1 aromatic heterocycles. The van der Waals surface area contributed by atoms with Gasteiger partial charge in [-0.3, -0.25) is 0 Å². The topological polar surface area (TPSA) is 40.6 Å². The maximum atomic E-state index is 5.49. The summed E-state index contributed by atoms with van der Waals surface area (Å²) in [6.45, 7) is 8.08. The van der Waals surface area contributed by atoms with Crippen molar-refractivity contribution in [2.24, 2.45) is 0 Å². The third-order valence-corrected chi connectivity index (χ3v) is 2.70. The Morgan fingerprint density at radius 1 is 1.31 bits per heavy atom. The van der Waals surface area contributed by atoms with E-state index in [9.17, 15) is 0 Å². The van der Waals surface area contributed by atoms with Gasteiger partial charge in [0.1, 0.15) is 0 Å². The summed E-state index contributed by atoms with van der Waals surface area (Å²) < 4.78 is 16.2. The first-order valence-corrected chi connectivity index (χ1v) is 6.36.